The Morgan fingerprint density at radius 3 is 2.15 bits per heavy atom. The van der Waals surface area contributed by atoms with Crippen molar-refractivity contribution < 1.29 is 13.2 Å². The summed E-state index contributed by atoms with van der Waals surface area (Å²) in [5.74, 6) is -0.830. The first-order chi connectivity index (χ1) is 5.88. The van der Waals surface area contributed by atoms with Crippen molar-refractivity contribution in [2.45, 2.75) is 46.2 Å². The lowest BCUT2D eigenvalue weighted by Gasteiger charge is -2.26. The molecule has 3 heteroatoms. The third kappa shape index (κ3) is 1.70. The fourth-order valence-corrected chi connectivity index (χ4v) is 2.55. The van der Waals surface area contributed by atoms with Gasteiger partial charge in [0, 0.05) is 0 Å². The molecular formula is C10H17F3. The highest BCUT2D eigenvalue weighted by atomic mass is 19.4. The van der Waals surface area contributed by atoms with Crippen LogP contribution >= 0.6 is 0 Å². The van der Waals surface area contributed by atoms with Crippen LogP contribution in [0.1, 0.15) is 40.0 Å². The van der Waals surface area contributed by atoms with E-state index in [2.05, 4.69) is 0 Å². The van der Waals surface area contributed by atoms with Crippen molar-refractivity contribution in [2.24, 2.45) is 17.3 Å². The topological polar surface area (TPSA) is 0 Å². The van der Waals surface area contributed by atoms with Gasteiger partial charge in [0.25, 0.3) is 0 Å². The lowest BCUT2D eigenvalue weighted by Crippen LogP contribution is -2.30. The molecule has 78 valence electrons. The molecule has 0 heterocycles. The predicted molar refractivity (Wildman–Crippen MR) is 46.3 cm³/mol. The van der Waals surface area contributed by atoms with E-state index in [9.17, 15) is 13.2 Å². The Balaban J connectivity index is 2.70. The van der Waals surface area contributed by atoms with E-state index < -0.39 is 17.5 Å². The molecule has 1 rings (SSSR count). The first-order valence-corrected chi connectivity index (χ1v) is 4.95. The average Bonchev–Trinajstić information content (AvgIpc) is 2.76. The normalized spacial score (nSPS) is 36.0. The third-order valence-corrected chi connectivity index (χ3v) is 3.78. The fraction of sp³-hybridized carbons (Fsp3) is 1.00. The van der Waals surface area contributed by atoms with Crippen molar-refractivity contribution in [3.63, 3.8) is 0 Å². The van der Waals surface area contributed by atoms with Crippen LogP contribution in [-0.4, -0.2) is 6.18 Å². The highest BCUT2D eigenvalue weighted by Crippen LogP contribution is 2.64. The average molecular weight is 194 g/mol. The lowest BCUT2D eigenvalue weighted by atomic mass is 9.84. The van der Waals surface area contributed by atoms with E-state index in [1.165, 1.54) is 6.92 Å². The van der Waals surface area contributed by atoms with Gasteiger partial charge in [-0.05, 0) is 24.2 Å². The minimum absolute atomic E-state index is 0.300. The number of rotatable bonds is 3. The molecule has 13 heavy (non-hydrogen) atoms. The second kappa shape index (κ2) is 3.18. The van der Waals surface area contributed by atoms with Crippen LogP contribution in [0.2, 0.25) is 0 Å². The van der Waals surface area contributed by atoms with Gasteiger partial charge in [-0.25, -0.2) is 0 Å². The van der Waals surface area contributed by atoms with Crippen LogP contribution in [0.3, 0.4) is 0 Å². The molecule has 0 amide bonds. The van der Waals surface area contributed by atoms with E-state index in [1.807, 2.05) is 13.8 Å². The van der Waals surface area contributed by atoms with Crippen LogP contribution in [-0.2, 0) is 0 Å². The summed E-state index contributed by atoms with van der Waals surface area (Å²) in [5.41, 5.74) is -0.424. The van der Waals surface area contributed by atoms with Crippen LogP contribution in [0.15, 0.2) is 0 Å². The summed E-state index contributed by atoms with van der Waals surface area (Å²) >= 11 is 0. The van der Waals surface area contributed by atoms with Gasteiger partial charge in [-0.15, -0.1) is 0 Å². The van der Waals surface area contributed by atoms with Crippen LogP contribution in [0.4, 0.5) is 13.2 Å². The van der Waals surface area contributed by atoms with Crippen molar-refractivity contribution in [2.75, 3.05) is 0 Å². The summed E-state index contributed by atoms with van der Waals surface area (Å²) in [6, 6.07) is 0. The van der Waals surface area contributed by atoms with E-state index in [0.717, 1.165) is 12.8 Å². The van der Waals surface area contributed by atoms with E-state index in [4.69, 9.17) is 0 Å². The maximum Gasteiger partial charge on any atom is 0.392 e. The van der Waals surface area contributed by atoms with Gasteiger partial charge in [-0.3, -0.25) is 0 Å². The molecule has 1 saturated carbocycles. The number of halogens is 3. The Labute approximate surface area is 77.5 Å². The summed E-state index contributed by atoms with van der Waals surface area (Å²) < 4.78 is 37.4. The van der Waals surface area contributed by atoms with Crippen LogP contribution in [0.5, 0.6) is 0 Å². The molecule has 0 radical (unpaired) electrons. The van der Waals surface area contributed by atoms with E-state index in [1.54, 1.807) is 0 Å². The maximum absolute atomic E-state index is 12.5. The first kappa shape index (κ1) is 10.9. The van der Waals surface area contributed by atoms with Gasteiger partial charge in [0.2, 0.25) is 0 Å². The first-order valence-electron chi connectivity index (χ1n) is 4.95. The number of hydrogen-bond donors (Lipinski definition) is 0. The Hall–Kier alpha value is -0.210. The lowest BCUT2D eigenvalue weighted by molar-refractivity contribution is -0.190. The van der Waals surface area contributed by atoms with Gasteiger partial charge in [0.1, 0.15) is 0 Å². The van der Waals surface area contributed by atoms with Crippen molar-refractivity contribution in [3.8, 4) is 0 Å². The SMILES string of the molecule is CCC1CC1(CC)C(C)C(F)(F)F. The molecule has 0 nitrogen and oxygen atoms in total. The van der Waals surface area contributed by atoms with Crippen molar-refractivity contribution in [1.82, 2.24) is 0 Å². The molecular weight excluding hydrogens is 177 g/mol. The summed E-state index contributed by atoms with van der Waals surface area (Å²) in [7, 11) is 0. The van der Waals surface area contributed by atoms with Gasteiger partial charge < -0.3 is 0 Å². The highest BCUT2D eigenvalue weighted by Gasteiger charge is 2.61. The molecule has 1 aliphatic rings. The maximum atomic E-state index is 12.5. The molecule has 0 N–H and O–H groups in total. The van der Waals surface area contributed by atoms with Gasteiger partial charge in [-0.2, -0.15) is 13.2 Å². The fourth-order valence-electron chi connectivity index (χ4n) is 2.55. The zero-order chi connectivity index (χ0) is 10.3. The summed E-state index contributed by atoms with van der Waals surface area (Å²) in [4.78, 5) is 0. The molecule has 0 bridgehead atoms. The van der Waals surface area contributed by atoms with Crippen molar-refractivity contribution in [3.05, 3.63) is 0 Å². The highest BCUT2D eigenvalue weighted by molar-refractivity contribution is 5.05. The quantitative estimate of drug-likeness (QED) is 0.636. The van der Waals surface area contributed by atoms with E-state index >= 15 is 0 Å². The molecule has 3 atom stereocenters. The summed E-state index contributed by atoms with van der Waals surface area (Å²) in [6.45, 7) is 5.18. The largest absolute Gasteiger partial charge is 0.392 e. The Kier molecular flexibility index (Phi) is 2.65. The molecule has 0 saturated heterocycles. The standard InChI is InChI=1S/C10H17F3/c1-4-8-6-9(8,5-2)7(3)10(11,12)13/h7-8H,4-6H2,1-3H3. The Morgan fingerprint density at radius 2 is 1.92 bits per heavy atom. The van der Waals surface area contributed by atoms with Gasteiger partial charge in [-0.1, -0.05) is 27.2 Å². The van der Waals surface area contributed by atoms with Crippen LogP contribution in [0, 0.1) is 17.3 Å². The van der Waals surface area contributed by atoms with E-state index in [0.29, 0.717) is 12.3 Å². The van der Waals surface area contributed by atoms with E-state index in [-0.39, 0.29) is 0 Å². The van der Waals surface area contributed by atoms with Crippen molar-refractivity contribution >= 4 is 0 Å². The predicted octanol–water partition coefficient (Wildman–Crippen LogP) is 4.01. The third-order valence-electron chi connectivity index (χ3n) is 3.78. The smallest absolute Gasteiger partial charge is 0.171 e. The van der Waals surface area contributed by atoms with Gasteiger partial charge >= 0.3 is 6.18 Å². The molecule has 1 fully saturated rings. The van der Waals surface area contributed by atoms with Crippen LogP contribution in [0.25, 0.3) is 0 Å². The zero-order valence-corrected chi connectivity index (χ0v) is 8.41. The molecule has 0 aromatic rings. The van der Waals surface area contributed by atoms with Crippen LogP contribution < -0.4 is 0 Å². The Morgan fingerprint density at radius 1 is 1.38 bits per heavy atom. The Bertz CT molecular complexity index is 185. The molecule has 3 unspecified atom stereocenters. The zero-order valence-electron chi connectivity index (χ0n) is 8.41. The number of hydrogen-bond acceptors (Lipinski definition) is 0. The second-order valence-corrected chi connectivity index (χ2v) is 4.16. The van der Waals surface area contributed by atoms with Crippen molar-refractivity contribution in [1.29, 1.82) is 0 Å². The number of alkyl halides is 3. The monoisotopic (exact) mass is 194 g/mol. The minimum Gasteiger partial charge on any atom is -0.171 e. The van der Waals surface area contributed by atoms with Gasteiger partial charge in [0.05, 0.1) is 5.92 Å². The molecule has 0 aliphatic heterocycles. The summed E-state index contributed by atoms with van der Waals surface area (Å²) in [6.07, 6.45) is -1.71. The minimum atomic E-state index is -4.01. The second-order valence-electron chi connectivity index (χ2n) is 4.16. The molecule has 1 aliphatic carbocycles. The molecule has 0 aromatic heterocycles. The molecule has 0 spiro atoms. The van der Waals surface area contributed by atoms with Gasteiger partial charge in [0.15, 0.2) is 0 Å². The summed E-state index contributed by atoms with van der Waals surface area (Å²) in [5, 5.41) is 0. The molecule has 0 aromatic carbocycles.